The molecule has 0 saturated heterocycles. The lowest BCUT2D eigenvalue weighted by atomic mass is 10.1. The molecule has 0 saturated carbocycles. The molecule has 0 atom stereocenters. The standard InChI is InChI=1S/C14H11BrF2N2O2/c15-11-4-5-12(16)10(6-11)8-18-7-9-2-1-3-13(14(9)17)19(20)21/h1-6,18H,7-8H2. The number of benzene rings is 2. The van der Waals surface area contributed by atoms with Gasteiger partial charge in [-0.1, -0.05) is 28.1 Å². The highest BCUT2D eigenvalue weighted by atomic mass is 79.9. The summed E-state index contributed by atoms with van der Waals surface area (Å²) in [4.78, 5) is 9.87. The number of nitrogens with one attached hydrogen (secondary N) is 1. The van der Waals surface area contributed by atoms with Gasteiger partial charge in [-0.05, 0) is 18.2 Å². The number of nitrogens with zero attached hydrogens (tertiary/aromatic N) is 1. The zero-order valence-corrected chi connectivity index (χ0v) is 12.4. The van der Waals surface area contributed by atoms with Gasteiger partial charge in [-0.15, -0.1) is 0 Å². The molecule has 110 valence electrons. The molecule has 0 spiro atoms. The van der Waals surface area contributed by atoms with E-state index < -0.39 is 16.4 Å². The number of halogens is 3. The maximum Gasteiger partial charge on any atom is 0.305 e. The molecule has 21 heavy (non-hydrogen) atoms. The zero-order chi connectivity index (χ0) is 15.4. The van der Waals surface area contributed by atoms with Gasteiger partial charge in [0.1, 0.15) is 5.82 Å². The van der Waals surface area contributed by atoms with Crippen LogP contribution in [0.2, 0.25) is 0 Å². The minimum absolute atomic E-state index is 0.0689. The van der Waals surface area contributed by atoms with Crippen LogP contribution in [0, 0.1) is 21.7 Å². The summed E-state index contributed by atoms with van der Waals surface area (Å²) in [5.74, 6) is -1.24. The van der Waals surface area contributed by atoms with Gasteiger partial charge in [0.2, 0.25) is 5.82 Å². The van der Waals surface area contributed by atoms with Crippen LogP contribution in [0.5, 0.6) is 0 Å². The van der Waals surface area contributed by atoms with Crippen LogP contribution in [0.15, 0.2) is 40.9 Å². The molecule has 2 rings (SSSR count). The Bertz CT molecular complexity index is 680. The molecule has 0 aliphatic heterocycles. The van der Waals surface area contributed by atoms with Crippen molar-refractivity contribution in [2.24, 2.45) is 0 Å². The molecular formula is C14H11BrF2N2O2. The van der Waals surface area contributed by atoms with E-state index in [0.29, 0.717) is 5.56 Å². The van der Waals surface area contributed by atoms with Gasteiger partial charge >= 0.3 is 5.69 Å². The third-order valence-electron chi connectivity index (χ3n) is 2.89. The fourth-order valence-electron chi connectivity index (χ4n) is 1.85. The second-order valence-corrected chi connectivity index (χ2v) is 5.26. The van der Waals surface area contributed by atoms with E-state index in [1.54, 1.807) is 12.1 Å². The molecule has 0 aliphatic rings. The molecule has 0 aromatic heterocycles. The van der Waals surface area contributed by atoms with Crippen molar-refractivity contribution < 1.29 is 13.7 Å². The highest BCUT2D eigenvalue weighted by Crippen LogP contribution is 2.20. The normalized spacial score (nSPS) is 10.6. The molecule has 0 heterocycles. The molecule has 2 aromatic carbocycles. The molecule has 0 unspecified atom stereocenters. The number of nitro benzene ring substituents is 1. The molecule has 0 aliphatic carbocycles. The summed E-state index contributed by atoms with van der Waals surface area (Å²) in [5.41, 5.74) is 0.0257. The first kappa shape index (κ1) is 15.5. The van der Waals surface area contributed by atoms with E-state index in [2.05, 4.69) is 21.2 Å². The highest BCUT2D eigenvalue weighted by molar-refractivity contribution is 9.10. The van der Waals surface area contributed by atoms with Gasteiger partial charge in [0, 0.05) is 34.8 Å². The lowest BCUT2D eigenvalue weighted by Crippen LogP contribution is -2.15. The SMILES string of the molecule is O=[N+]([O-])c1cccc(CNCc2cc(Br)ccc2F)c1F. The number of hydrogen-bond donors (Lipinski definition) is 1. The second-order valence-electron chi connectivity index (χ2n) is 4.35. The first-order chi connectivity index (χ1) is 9.99. The summed E-state index contributed by atoms with van der Waals surface area (Å²) in [6.07, 6.45) is 0. The van der Waals surface area contributed by atoms with Crippen molar-refractivity contribution in [2.75, 3.05) is 0 Å². The van der Waals surface area contributed by atoms with E-state index in [1.165, 1.54) is 18.2 Å². The summed E-state index contributed by atoms with van der Waals surface area (Å²) in [6.45, 7) is 0.257. The van der Waals surface area contributed by atoms with Crippen LogP contribution in [0.1, 0.15) is 11.1 Å². The van der Waals surface area contributed by atoms with Gasteiger partial charge in [-0.2, -0.15) is 4.39 Å². The van der Waals surface area contributed by atoms with Crippen LogP contribution in [0.25, 0.3) is 0 Å². The van der Waals surface area contributed by atoms with E-state index >= 15 is 0 Å². The van der Waals surface area contributed by atoms with Crippen LogP contribution < -0.4 is 5.32 Å². The zero-order valence-electron chi connectivity index (χ0n) is 10.8. The number of hydrogen-bond acceptors (Lipinski definition) is 3. The lowest BCUT2D eigenvalue weighted by molar-refractivity contribution is -0.387. The molecule has 4 nitrogen and oxygen atoms in total. The molecule has 0 fully saturated rings. The minimum Gasteiger partial charge on any atom is -0.308 e. The van der Waals surface area contributed by atoms with Crippen molar-refractivity contribution in [1.82, 2.24) is 5.32 Å². The Hall–Kier alpha value is -1.86. The van der Waals surface area contributed by atoms with Gasteiger partial charge in [-0.3, -0.25) is 10.1 Å². The van der Waals surface area contributed by atoms with E-state index in [0.717, 1.165) is 10.5 Å². The first-order valence-electron chi connectivity index (χ1n) is 6.05. The Morgan fingerprint density at radius 1 is 1.14 bits per heavy atom. The van der Waals surface area contributed by atoms with Gasteiger partial charge in [0.15, 0.2) is 0 Å². The molecule has 0 amide bonds. The molecule has 7 heteroatoms. The van der Waals surface area contributed by atoms with Crippen LogP contribution in [-0.2, 0) is 13.1 Å². The van der Waals surface area contributed by atoms with Crippen LogP contribution >= 0.6 is 15.9 Å². The van der Waals surface area contributed by atoms with Crippen LogP contribution in [0.4, 0.5) is 14.5 Å². The summed E-state index contributed by atoms with van der Waals surface area (Å²) in [5, 5.41) is 13.5. The van der Waals surface area contributed by atoms with Crippen molar-refractivity contribution in [2.45, 2.75) is 13.1 Å². The Morgan fingerprint density at radius 2 is 1.86 bits per heavy atom. The Morgan fingerprint density at radius 3 is 2.57 bits per heavy atom. The average molecular weight is 357 g/mol. The molecule has 2 aromatic rings. The number of rotatable bonds is 5. The van der Waals surface area contributed by atoms with Gasteiger partial charge in [0.05, 0.1) is 4.92 Å². The van der Waals surface area contributed by atoms with E-state index in [1.807, 2.05) is 0 Å². The quantitative estimate of drug-likeness (QED) is 0.652. The maximum absolute atomic E-state index is 13.8. The minimum atomic E-state index is -0.871. The summed E-state index contributed by atoms with van der Waals surface area (Å²) in [7, 11) is 0. The Balaban J connectivity index is 2.05. The van der Waals surface area contributed by atoms with E-state index in [9.17, 15) is 18.9 Å². The van der Waals surface area contributed by atoms with Crippen molar-refractivity contribution >= 4 is 21.6 Å². The largest absolute Gasteiger partial charge is 0.308 e. The van der Waals surface area contributed by atoms with Crippen molar-refractivity contribution in [3.05, 3.63) is 73.7 Å². The van der Waals surface area contributed by atoms with Crippen LogP contribution in [0.3, 0.4) is 0 Å². The maximum atomic E-state index is 13.8. The summed E-state index contributed by atoms with van der Waals surface area (Å²) >= 11 is 3.24. The average Bonchev–Trinajstić information content (AvgIpc) is 2.44. The van der Waals surface area contributed by atoms with Crippen molar-refractivity contribution in [1.29, 1.82) is 0 Å². The Labute approximate surface area is 128 Å². The second kappa shape index (κ2) is 6.73. The van der Waals surface area contributed by atoms with Gasteiger partial charge in [0.25, 0.3) is 0 Å². The third-order valence-corrected chi connectivity index (χ3v) is 3.39. The van der Waals surface area contributed by atoms with Gasteiger partial charge in [-0.25, -0.2) is 4.39 Å². The summed E-state index contributed by atoms with van der Waals surface area (Å²) < 4.78 is 28.1. The third kappa shape index (κ3) is 3.83. The number of nitro groups is 1. The van der Waals surface area contributed by atoms with Crippen molar-refractivity contribution in [3.63, 3.8) is 0 Å². The summed E-state index contributed by atoms with van der Waals surface area (Å²) in [6, 6.07) is 8.50. The fourth-order valence-corrected chi connectivity index (χ4v) is 2.26. The highest BCUT2D eigenvalue weighted by Gasteiger charge is 2.16. The predicted octanol–water partition coefficient (Wildman–Crippen LogP) is 3.93. The van der Waals surface area contributed by atoms with Gasteiger partial charge < -0.3 is 5.32 Å². The molecule has 1 N–H and O–H groups in total. The molecule has 0 bridgehead atoms. The monoisotopic (exact) mass is 356 g/mol. The fraction of sp³-hybridized carbons (Fsp3) is 0.143. The van der Waals surface area contributed by atoms with E-state index in [-0.39, 0.29) is 24.5 Å². The lowest BCUT2D eigenvalue weighted by Gasteiger charge is -2.07. The van der Waals surface area contributed by atoms with E-state index in [4.69, 9.17) is 0 Å². The topological polar surface area (TPSA) is 55.2 Å². The van der Waals surface area contributed by atoms with Crippen molar-refractivity contribution in [3.8, 4) is 0 Å². The predicted molar refractivity (Wildman–Crippen MR) is 77.7 cm³/mol. The van der Waals surface area contributed by atoms with Crippen LogP contribution in [-0.4, -0.2) is 4.92 Å². The first-order valence-corrected chi connectivity index (χ1v) is 6.84. The molecular weight excluding hydrogens is 346 g/mol. The molecule has 0 radical (unpaired) electrons. The Kier molecular flexibility index (Phi) is 4.98. The smallest absolute Gasteiger partial charge is 0.305 e.